The molecule has 15 heavy (non-hydrogen) atoms. The smallest absolute Gasteiger partial charge is 0.00792 e. The first-order valence-electron chi connectivity index (χ1n) is 6.25. The van der Waals surface area contributed by atoms with Crippen molar-refractivity contribution in [3.05, 3.63) is 0 Å². The van der Waals surface area contributed by atoms with E-state index in [2.05, 4.69) is 28.2 Å². The molecule has 1 rings (SSSR count). The highest BCUT2D eigenvalue weighted by Crippen LogP contribution is 1.87. The predicted octanol–water partition coefficient (Wildman–Crippen LogP) is -0.473. The number of rotatable bonds is 0. The molecule has 0 aromatic rings. The molecule has 4 heteroatoms. The highest BCUT2D eigenvalue weighted by molar-refractivity contribution is 4.65. The van der Waals surface area contributed by atoms with E-state index in [1.807, 2.05) is 0 Å². The Balaban J connectivity index is 2.10. The standard InChI is InChI=1S/C11H26N4/c1-11-3-6-14-8-7-12-4-2-5-13-9-10-15-11/h11-15H,2-10H2,1H3. The lowest BCUT2D eigenvalue weighted by atomic mass is 10.2. The molecular weight excluding hydrogens is 188 g/mol. The molecule has 90 valence electrons. The van der Waals surface area contributed by atoms with Gasteiger partial charge in [-0.05, 0) is 39.4 Å². The van der Waals surface area contributed by atoms with Crippen molar-refractivity contribution in [1.29, 1.82) is 0 Å². The minimum absolute atomic E-state index is 0.621. The third-order valence-corrected chi connectivity index (χ3v) is 2.73. The lowest BCUT2D eigenvalue weighted by Gasteiger charge is -2.15. The van der Waals surface area contributed by atoms with Gasteiger partial charge in [-0.3, -0.25) is 0 Å². The van der Waals surface area contributed by atoms with E-state index in [4.69, 9.17) is 0 Å². The summed E-state index contributed by atoms with van der Waals surface area (Å²) in [4.78, 5) is 0. The van der Waals surface area contributed by atoms with Gasteiger partial charge < -0.3 is 21.3 Å². The van der Waals surface area contributed by atoms with E-state index in [0.29, 0.717) is 6.04 Å². The van der Waals surface area contributed by atoms with Crippen molar-refractivity contribution in [2.24, 2.45) is 0 Å². The quantitative estimate of drug-likeness (QED) is 0.440. The molecule has 1 unspecified atom stereocenters. The molecule has 1 aliphatic rings. The van der Waals surface area contributed by atoms with Crippen molar-refractivity contribution >= 4 is 0 Å². The summed E-state index contributed by atoms with van der Waals surface area (Å²) in [6, 6.07) is 0.621. The summed E-state index contributed by atoms with van der Waals surface area (Å²) in [6.45, 7) is 9.94. The van der Waals surface area contributed by atoms with Crippen molar-refractivity contribution in [3.8, 4) is 0 Å². The zero-order valence-electron chi connectivity index (χ0n) is 9.94. The van der Waals surface area contributed by atoms with Crippen LogP contribution in [0.1, 0.15) is 19.8 Å². The summed E-state index contributed by atoms with van der Waals surface area (Å²) >= 11 is 0. The lowest BCUT2D eigenvalue weighted by Crippen LogP contribution is -2.37. The van der Waals surface area contributed by atoms with Crippen LogP contribution in [0.5, 0.6) is 0 Å². The Labute approximate surface area is 93.6 Å². The van der Waals surface area contributed by atoms with Crippen LogP contribution in [0.25, 0.3) is 0 Å². The van der Waals surface area contributed by atoms with Crippen molar-refractivity contribution in [2.75, 3.05) is 45.8 Å². The van der Waals surface area contributed by atoms with Crippen LogP contribution in [0.3, 0.4) is 0 Å². The molecule has 1 fully saturated rings. The number of hydrogen-bond acceptors (Lipinski definition) is 4. The first kappa shape index (κ1) is 12.9. The molecule has 0 radical (unpaired) electrons. The fourth-order valence-electron chi connectivity index (χ4n) is 1.72. The van der Waals surface area contributed by atoms with Gasteiger partial charge in [0.15, 0.2) is 0 Å². The Morgan fingerprint density at radius 3 is 2.07 bits per heavy atom. The van der Waals surface area contributed by atoms with Crippen LogP contribution in [-0.4, -0.2) is 51.9 Å². The Kier molecular flexibility index (Phi) is 7.83. The second-order valence-corrected chi connectivity index (χ2v) is 4.25. The van der Waals surface area contributed by atoms with Crippen LogP contribution in [-0.2, 0) is 0 Å². The van der Waals surface area contributed by atoms with Gasteiger partial charge in [-0.1, -0.05) is 0 Å². The molecule has 4 N–H and O–H groups in total. The maximum atomic E-state index is 3.52. The maximum absolute atomic E-state index is 3.52. The molecule has 4 nitrogen and oxygen atoms in total. The van der Waals surface area contributed by atoms with E-state index in [0.717, 1.165) is 45.8 Å². The summed E-state index contributed by atoms with van der Waals surface area (Å²) in [5.41, 5.74) is 0. The second kappa shape index (κ2) is 9.09. The fourth-order valence-corrected chi connectivity index (χ4v) is 1.72. The van der Waals surface area contributed by atoms with Crippen LogP contribution in [0, 0.1) is 0 Å². The highest BCUT2D eigenvalue weighted by atomic mass is 15.0. The van der Waals surface area contributed by atoms with Gasteiger partial charge in [-0.15, -0.1) is 0 Å². The molecule has 0 aliphatic carbocycles. The predicted molar refractivity (Wildman–Crippen MR) is 65.3 cm³/mol. The van der Waals surface area contributed by atoms with Crippen LogP contribution in [0.15, 0.2) is 0 Å². The molecular formula is C11H26N4. The molecule has 0 aromatic carbocycles. The number of hydrogen-bond donors (Lipinski definition) is 4. The molecule has 0 spiro atoms. The summed E-state index contributed by atoms with van der Waals surface area (Å²) < 4.78 is 0. The molecule has 1 heterocycles. The van der Waals surface area contributed by atoms with Crippen LogP contribution < -0.4 is 21.3 Å². The van der Waals surface area contributed by atoms with E-state index in [1.165, 1.54) is 12.8 Å². The first-order valence-corrected chi connectivity index (χ1v) is 6.25. The van der Waals surface area contributed by atoms with E-state index < -0.39 is 0 Å². The van der Waals surface area contributed by atoms with Crippen LogP contribution >= 0.6 is 0 Å². The molecule has 0 amide bonds. The van der Waals surface area contributed by atoms with Crippen molar-refractivity contribution in [3.63, 3.8) is 0 Å². The number of nitrogens with one attached hydrogen (secondary N) is 4. The monoisotopic (exact) mass is 214 g/mol. The van der Waals surface area contributed by atoms with Gasteiger partial charge in [0.25, 0.3) is 0 Å². The van der Waals surface area contributed by atoms with E-state index in [-0.39, 0.29) is 0 Å². The van der Waals surface area contributed by atoms with Crippen LogP contribution in [0.4, 0.5) is 0 Å². The molecule has 0 bridgehead atoms. The largest absolute Gasteiger partial charge is 0.315 e. The third-order valence-electron chi connectivity index (χ3n) is 2.73. The van der Waals surface area contributed by atoms with Gasteiger partial charge in [0, 0.05) is 32.2 Å². The van der Waals surface area contributed by atoms with Gasteiger partial charge in [-0.25, -0.2) is 0 Å². The SMILES string of the molecule is CC1CCNCCNCCCNCCN1. The Morgan fingerprint density at radius 2 is 1.33 bits per heavy atom. The van der Waals surface area contributed by atoms with Crippen molar-refractivity contribution in [1.82, 2.24) is 21.3 Å². The van der Waals surface area contributed by atoms with Crippen LogP contribution in [0.2, 0.25) is 0 Å². The first-order chi connectivity index (χ1) is 7.39. The summed E-state index contributed by atoms with van der Waals surface area (Å²) in [6.07, 6.45) is 2.43. The van der Waals surface area contributed by atoms with Gasteiger partial charge in [0.05, 0.1) is 0 Å². The van der Waals surface area contributed by atoms with E-state index in [9.17, 15) is 0 Å². The minimum atomic E-state index is 0.621. The fraction of sp³-hybridized carbons (Fsp3) is 1.00. The molecule has 0 saturated carbocycles. The highest BCUT2D eigenvalue weighted by Gasteiger charge is 2.00. The summed E-state index contributed by atoms with van der Waals surface area (Å²) in [5.74, 6) is 0. The van der Waals surface area contributed by atoms with Gasteiger partial charge in [-0.2, -0.15) is 0 Å². The zero-order chi connectivity index (χ0) is 10.8. The van der Waals surface area contributed by atoms with Gasteiger partial charge >= 0.3 is 0 Å². The Morgan fingerprint density at radius 1 is 0.733 bits per heavy atom. The maximum Gasteiger partial charge on any atom is 0.00792 e. The zero-order valence-corrected chi connectivity index (χ0v) is 9.94. The molecule has 1 saturated heterocycles. The topological polar surface area (TPSA) is 48.1 Å². The second-order valence-electron chi connectivity index (χ2n) is 4.25. The average Bonchev–Trinajstić information content (AvgIpc) is 2.24. The van der Waals surface area contributed by atoms with Crippen molar-refractivity contribution < 1.29 is 0 Å². The van der Waals surface area contributed by atoms with Gasteiger partial charge in [0.1, 0.15) is 0 Å². The minimum Gasteiger partial charge on any atom is -0.315 e. The normalized spacial score (nSPS) is 28.2. The van der Waals surface area contributed by atoms with E-state index in [1.54, 1.807) is 0 Å². The van der Waals surface area contributed by atoms with Crippen molar-refractivity contribution in [2.45, 2.75) is 25.8 Å². The Bertz CT molecular complexity index is 127. The summed E-state index contributed by atoms with van der Waals surface area (Å²) in [5, 5.41) is 13.8. The molecule has 1 atom stereocenters. The van der Waals surface area contributed by atoms with E-state index >= 15 is 0 Å². The third kappa shape index (κ3) is 7.73. The molecule has 0 aromatic heterocycles. The lowest BCUT2D eigenvalue weighted by molar-refractivity contribution is 0.471. The summed E-state index contributed by atoms with van der Waals surface area (Å²) in [7, 11) is 0. The Hall–Kier alpha value is -0.160. The van der Waals surface area contributed by atoms with Gasteiger partial charge in [0.2, 0.25) is 0 Å². The average molecular weight is 214 g/mol. The molecule has 1 aliphatic heterocycles.